The van der Waals surface area contributed by atoms with E-state index in [-0.39, 0.29) is 5.91 Å². The van der Waals surface area contributed by atoms with Crippen LogP contribution in [-0.4, -0.2) is 11.6 Å². The molecule has 1 aromatic carbocycles. The predicted octanol–water partition coefficient (Wildman–Crippen LogP) is 4.47. The number of rotatable bonds is 10. The van der Waals surface area contributed by atoms with Crippen LogP contribution in [0, 0.1) is 0 Å². The van der Waals surface area contributed by atoms with Gasteiger partial charge in [-0.2, -0.15) is 5.10 Å². The van der Waals surface area contributed by atoms with E-state index in [1.165, 1.54) is 31.2 Å². The van der Waals surface area contributed by atoms with E-state index in [1.54, 1.807) is 0 Å². The van der Waals surface area contributed by atoms with Gasteiger partial charge in [-0.1, -0.05) is 69.4 Å². The molecule has 1 N–H and O–H groups in total. The van der Waals surface area contributed by atoms with Crippen LogP contribution in [0.25, 0.3) is 0 Å². The summed E-state index contributed by atoms with van der Waals surface area (Å²) in [5.74, 6) is 0.0258. The molecule has 0 unspecified atom stereocenters. The summed E-state index contributed by atoms with van der Waals surface area (Å²) in [5, 5.41) is 4.16. The summed E-state index contributed by atoms with van der Waals surface area (Å²) in [5.41, 5.74) is 4.79. The molecule has 0 aromatic heterocycles. The number of carbonyl (C=O) groups excluding carboxylic acids is 1. The van der Waals surface area contributed by atoms with Crippen molar-refractivity contribution < 1.29 is 4.79 Å². The second-order valence-corrected chi connectivity index (χ2v) is 5.56. The molecule has 1 aromatic rings. The van der Waals surface area contributed by atoms with Crippen molar-refractivity contribution in [1.29, 1.82) is 0 Å². The summed E-state index contributed by atoms with van der Waals surface area (Å²) >= 11 is 0. The highest BCUT2D eigenvalue weighted by Gasteiger charge is 2.01. The van der Waals surface area contributed by atoms with Crippen molar-refractivity contribution in [2.45, 2.75) is 65.2 Å². The van der Waals surface area contributed by atoms with E-state index in [0.717, 1.165) is 25.0 Å². The molecule has 1 amide bonds. The fourth-order valence-corrected chi connectivity index (χ4v) is 2.21. The fourth-order valence-electron chi connectivity index (χ4n) is 2.21. The molecular weight excluding hydrogens is 260 g/mol. The highest BCUT2D eigenvalue weighted by molar-refractivity contribution is 5.86. The van der Waals surface area contributed by atoms with Crippen molar-refractivity contribution in [3.05, 3.63) is 35.9 Å². The fraction of sp³-hybridized carbons (Fsp3) is 0.556. The smallest absolute Gasteiger partial charge is 0.240 e. The molecule has 3 heteroatoms. The largest absolute Gasteiger partial charge is 0.273 e. The normalized spacial score (nSPS) is 11.4. The van der Waals surface area contributed by atoms with Crippen LogP contribution in [0.5, 0.6) is 0 Å². The monoisotopic (exact) mass is 288 g/mol. The Labute approximate surface area is 128 Å². The molecule has 1 rings (SSSR count). The Morgan fingerprint density at radius 3 is 2.43 bits per heavy atom. The number of nitrogens with zero attached hydrogens (tertiary/aromatic N) is 1. The zero-order valence-corrected chi connectivity index (χ0v) is 13.4. The van der Waals surface area contributed by atoms with Gasteiger partial charge in [-0.15, -0.1) is 0 Å². The molecule has 0 aliphatic heterocycles. The molecule has 0 aliphatic rings. The first-order chi connectivity index (χ1) is 10.2. The van der Waals surface area contributed by atoms with Crippen LogP contribution in [-0.2, 0) is 11.2 Å². The number of hydrogen-bond donors (Lipinski definition) is 1. The van der Waals surface area contributed by atoms with Crippen LogP contribution in [0.1, 0.15) is 64.4 Å². The number of nitrogens with one attached hydrogen (secondary N) is 1. The maximum Gasteiger partial charge on any atom is 0.240 e. The number of hydrazone groups is 1. The summed E-state index contributed by atoms with van der Waals surface area (Å²) < 4.78 is 0. The van der Waals surface area contributed by atoms with Gasteiger partial charge < -0.3 is 0 Å². The Balaban J connectivity index is 2.15. The van der Waals surface area contributed by atoms with Crippen molar-refractivity contribution in [2.24, 2.45) is 5.10 Å². The molecule has 0 spiro atoms. The van der Waals surface area contributed by atoms with Crippen LogP contribution in [0.15, 0.2) is 35.4 Å². The molecule has 0 radical (unpaired) electrons. The lowest BCUT2D eigenvalue weighted by molar-refractivity contribution is -0.121. The summed E-state index contributed by atoms with van der Waals surface area (Å²) in [6, 6.07) is 10.2. The Morgan fingerprint density at radius 2 is 1.71 bits per heavy atom. The van der Waals surface area contributed by atoms with Gasteiger partial charge in [0.1, 0.15) is 0 Å². The summed E-state index contributed by atoms with van der Waals surface area (Å²) in [7, 11) is 0. The highest BCUT2D eigenvalue weighted by Crippen LogP contribution is 2.06. The molecule has 0 aliphatic carbocycles. The third kappa shape index (κ3) is 9.01. The standard InChI is InChI=1S/C18H28N2O/c1-3-4-5-6-7-11-14-18(21)20-19-16(2)15-17-12-9-8-10-13-17/h8-10,12-13H,3-7,11,14-15H2,1-2H3,(H,20,21)/b19-16-. The zero-order valence-electron chi connectivity index (χ0n) is 13.4. The maximum absolute atomic E-state index is 11.7. The van der Waals surface area contributed by atoms with Crippen molar-refractivity contribution in [1.82, 2.24) is 5.43 Å². The van der Waals surface area contributed by atoms with Crippen molar-refractivity contribution in [2.75, 3.05) is 0 Å². The summed E-state index contributed by atoms with van der Waals surface area (Å²) in [6.45, 7) is 4.15. The molecule has 0 saturated heterocycles. The van der Waals surface area contributed by atoms with Gasteiger partial charge in [0, 0.05) is 18.6 Å². The van der Waals surface area contributed by atoms with E-state index in [4.69, 9.17) is 0 Å². The molecule has 3 nitrogen and oxygen atoms in total. The van der Waals surface area contributed by atoms with Gasteiger partial charge in [-0.3, -0.25) is 4.79 Å². The van der Waals surface area contributed by atoms with Crippen LogP contribution in [0.4, 0.5) is 0 Å². The van der Waals surface area contributed by atoms with Gasteiger partial charge in [0.25, 0.3) is 0 Å². The van der Waals surface area contributed by atoms with E-state index in [2.05, 4.69) is 29.6 Å². The summed E-state index contributed by atoms with van der Waals surface area (Å²) in [6.07, 6.45) is 8.53. The zero-order chi connectivity index (χ0) is 15.3. The Morgan fingerprint density at radius 1 is 1.05 bits per heavy atom. The Kier molecular flexibility index (Phi) is 9.18. The second kappa shape index (κ2) is 11.1. The molecule has 0 heterocycles. The lowest BCUT2D eigenvalue weighted by Gasteiger charge is -2.03. The van der Waals surface area contributed by atoms with E-state index in [0.29, 0.717) is 6.42 Å². The minimum Gasteiger partial charge on any atom is -0.273 e. The van der Waals surface area contributed by atoms with Gasteiger partial charge >= 0.3 is 0 Å². The molecule has 21 heavy (non-hydrogen) atoms. The average molecular weight is 288 g/mol. The van der Waals surface area contributed by atoms with E-state index >= 15 is 0 Å². The topological polar surface area (TPSA) is 41.5 Å². The molecule has 0 bridgehead atoms. The quantitative estimate of drug-likeness (QED) is 0.385. The summed E-state index contributed by atoms with van der Waals surface area (Å²) in [4.78, 5) is 11.7. The van der Waals surface area contributed by atoms with Gasteiger partial charge in [-0.05, 0) is 18.9 Å². The van der Waals surface area contributed by atoms with Crippen molar-refractivity contribution in [3.8, 4) is 0 Å². The van der Waals surface area contributed by atoms with Gasteiger partial charge in [-0.25, -0.2) is 5.43 Å². The number of benzene rings is 1. The van der Waals surface area contributed by atoms with E-state index in [1.807, 2.05) is 25.1 Å². The van der Waals surface area contributed by atoms with Crippen LogP contribution in [0.2, 0.25) is 0 Å². The van der Waals surface area contributed by atoms with Crippen LogP contribution in [0.3, 0.4) is 0 Å². The van der Waals surface area contributed by atoms with E-state index < -0.39 is 0 Å². The predicted molar refractivity (Wildman–Crippen MR) is 89.4 cm³/mol. The average Bonchev–Trinajstić information content (AvgIpc) is 2.50. The Hall–Kier alpha value is -1.64. The molecule has 0 fully saturated rings. The van der Waals surface area contributed by atoms with Crippen molar-refractivity contribution >= 4 is 11.6 Å². The minimum absolute atomic E-state index is 0.0258. The third-order valence-electron chi connectivity index (χ3n) is 3.43. The lowest BCUT2D eigenvalue weighted by Crippen LogP contribution is -2.19. The SMILES string of the molecule is CCCCCCCCC(=O)N/N=C(/C)Cc1ccccc1. The van der Waals surface area contributed by atoms with Crippen LogP contribution < -0.4 is 5.43 Å². The van der Waals surface area contributed by atoms with Gasteiger partial charge in [0.15, 0.2) is 0 Å². The molecular formula is C18H28N2O. The molecule has 0 atom stereocenters. The first kappa shape index (κ1) is 17.4. The number of unbranched alkanes of at least 4 members (excludes halogenated alkanes) is 5. The minimum atomic E-state index is 0.0258. The number of hydrogen-bond acceptors (Lipinski definition) is 2. The lowest BCUT2D eigenvalue weighted by atomic mass is 10.1. The first-order valence-electron chi connectivity index (χ1n) is 8.08. The van der Waals surface area contributed by atoms with Crippen LogP contribution >= 0.6 is 0 Å². The van der Waals surface area contributed by atoms with Gasteiger partial charge in [0.05, 0.1) is 0 Å². The highest BCUT2D eigenvalue weighted by atomic mass is 16.2. The van der Waals surface area contributed by atoms with Gasteiger partial charge in [0.2, 0.25) is 5.91 Å². The van der Waals surface area contributed by atoms with Crippen molar-refractivity contribution in [3.63, 3.8) is 0 Å². The number of carbonyl (C=O) groups is 1. The third-order valence-corrected chi connectivity index (χ3v) is 3.43. The number of amides is 1. The second-order valence-electron chi connectivity index (χ2n) is 5.56. The maximum atomic E-state index is 11.7. The van der Waals surface area contributed by atoms with E-state index in [9.17, 15) is 4.79 Å². The first-order valence-corrected chi connectivity index (χ1v) is 8.08. The Bertz CT molecular complexity index is 426. The molecule has 116 valence electrons. The molecule has 0 saturated carbocycles.